The van der Waals surface area contributed by atoms with Gasteiger partial charge in [-0.25, -0.2) is 0 Å². The van der Waals surface area contributed by atoms with Crippen LogP contribution in [0.15, 0.2) is 42.0 Å². The van der Waals surface area contributed by atoms with E-state index in [0.717, 1.165) is 5.92 Å². The van der Waals surface area contributed by atoms with E-state index in [1.54, 1.807) is 19.4 Å². The van der Waals surface area contributed by atoms with Crippen LogP contribution in [-0.2, 0) is 20.3 Å². The van der Waals surface area contributed by atoms with Crippen LogP contribution in [0.4, 0.5) is 0 Å². The summed E-state index contributed by atoms with van der Waals surface area (Å²) in [6, 6.07) is 0. The van der Waals surface area contributed by atoms with Gasteiger partial charge < -0.3 is 0 Å². The van der Waals surface area contributed by atoms with Crippen molar-refractivity contribution in [2.24, 2.45) is 5.92 Å². The first kappa shape index (κ1) is 13.8. The Morgan fingerprint density at radius 1 is 1.32 bits per heavy atom. The maximum absolute atomic E-state index is 2.60. The molecular weight excluding hydrogens is 307 g/mol. The molecule has 0 saturated carbocycles. The second-order valence-electron chi connectivity index (χ2n) is 6.53. The summed E-state index contributed by atoms with van der Waals surface area (Å²) >= 11 is -2.00. The van der Waals surface area contributed by atoms with Gasteiger partial charge in [-0.15, -0.1) is 0 Å². The molecule has 0 bridgehead atoms. The van der Waals surface area contributed by atoms with Crippen LogP contribution >= 0.6 is 0 Å². The zero-order valence-corrected chi connectivity index (χ0v) is 15.1. The summed E-state index contributed by atoms with van der Waals surface area (Å²) in [6.07, 6.45) is 15.0. The molecule has 0 aromatic heterocycles. The fourth-order valence-electron chi connectivity index (χ4n) is 4.15. The molecule has 0 aromatic rings. The molecule has 3 rings (SSSR count). The quantitative estimate of drug-likeness (QED) is 0.590. The second-order valence-corrected chi connectivity index (χ2v) is 17.2. The van der Waals surface area contributed by atoms with Crippen LogP contribution in [0.5, 0.6) is 0 Å². The summed E-state index contributed by atoms with van der Waals surface area (Å²) in [6.45, 7) is 7.19. The van der Waals surface area contributed by atoms with Gasteiger partial charge in [0.2, 0.25) is 0 Å². The van der Waals surface area contributed by atoms with Crippen LogP contribution in [0.25, 0.3) is 0 Å². The van der Waals surface area contributed by atoms with Crippen molar-refractivity contribution < 1.29 is 20.3 Å². The van der Waals surface area contributed by atoms with Crippen LogP contribution < -0.4 is 0 Å². The molecule has 0 amide bonds. The van der Waals surface area contributed by atoms with Crippen molar-refractivity contribution in [3.8, 4) is 0 Å². The van der Waals surface area contributed by atoms with Gasteiger partial charge in [-0.3, -0.25) is 0 Å². The van der Waals surface area contributed by atoms with Gasteiger partial charge in [-0.05, 0) is 0 Å². The van der Waals surface area contributed by atoms with E-state index >= 15 is 0 Å². The van der Waals surface area contributed by atoms with E-state index in [2.05, 4.69) is 45.1 Å². The standard InChI is InChI=1S/C11H17.C5H5.C2H4.Zr/c1-4-5-6-11-8-9(2)7-10(11)3;1-2-4-5-3-1;1-2;/h8-9H,4-6H2,1-3H3;1-3H,4H2;1-2H2;. The SMILES string of the molecule is CCCCC1=CC(C)[C]([Zr]2([C]3=CC=CC3)[CH2][CH2]2)=C1C. The first-order valence-electron chi connectivity index (χ1n) is 7.97. The maximum atomic E-state index is 2.60. The summed E-state index contributed by atoms with van der Waals surface area (Å²) in [5, 5.41) is 0. The van der Waals surface area contributed by atoms with E-state index in [1.807, 2.05) is 6.56 Å². The molecule has 1 atom stereocenters. The van der Waals surface area contributed by atoms with E-state index in [4.69, 9.17) is 0 Å². The Morgan fingerprint density at radius 2 is 2.11 bits per heavy atom. The molecule has 0 radical (unpaired) electrons. The van der Waals surface area contributed by atoms with Crippen molar-refractivity contribution in [3.63, 3.8) is 0 Å². The van der Waals surface area contributed by atoms with Gasteiger partial charge in [0, 0.05) is 0 Å². The number of hydrogen-bond acceptors (Lipinski definition) is 0. The van der Waals surface area contributed by atoms with Crippen LogP contribution in [0.2, 0.25) is 8.26 Å². The minimum atomic E-state index is -2.00. The van der Waals surface area contributed by atoms with Gasteiger partial charge in [0.15, 0.2) is 0 Å². The molecule has 1 heterocycles. The van der Waals surface area contributed by atoms with Crippen molar-refractivity contribution >= 4 is 0 Å². The average molecular weight is 334 g/mol. The molecule has 1 heteroatoms. The molecule has 2 aliphatic carbocycles. The van der Waals surface area contributed by atoms with Crippen LogP contribution in [0.3, 0.4) is 0 Å². The normalized spacial score (nSPS) is 27.8. The molecule has 1 unspecified atom stereocenters. The Hall–Kier alpha value is -0.157. The van der Waals surface area contributed by atoms with Gasteiger partial charge in [0.1, 0.15) is 0 Å². The zero-order valence-electron chi connectivity index (χ0n) is 12.6. The first-order valence-corrected chi connectivity index (χ1v) is 13.9. The van der Waals surface area contributed by atoms with Crippen molar-refractivity contribution in [1.82, 2.24) is 0 Å². The van der Waals surface area contributed by atoms with Crippen molar-refractivity contribution in [2.45, 2.75) is 54.7 Å². The number of rotatable bonds is 5. The molecule has 1 fully saturated rings. The molecule has 1 saturated heterocycles. The zero-order chi connectivity index (χ0) is 13.5. The van der Waals surface area contributed by atoms with Crippen molar-refractivity contribution in [1.29, 1.82) is 0 Å². The molecule has 0 aromatic carbocycles. The molecule has 0 spiro atoms. The monoisotopic (exact) mass is 332 g/mol. The van der Waals surface area contributed by atoms with Crippen LogP contribution in [0, 0.1) is 5.92 Å². The Labute approximate surface area is 122 Å². The molecule has 1 aliphatic heterocycles. The van der Waals surface area contributed by atoms with Crippen molar-refractivity contribution in [3.05, 3.63) is 42.0 Å². The third kappa shape index (κ3) is 2.33. The first-order chi connectivity index (χ1) is 9.19. The topological polar surface area (TPSA) is 0 Å². The summed E-state index contributed by atoms with van der Waals surface area (Å²) in [7, 11) is 0. The predicted molar refractivity (Wildman–Crippen MR) is 80.9 cm³/mol. The molecule has 0 N–H and O–H groups in total. The minimum absolute atomic E-state index is 0.756. The van der Waals surface area contributed by atoms with E-state index in [9.17, 15) is 0 Å². The molecule has 19 heavy (non-hydrogen) atoms. The van der Waals surface area contributed by atoms with Crippen LogP contribution in [-0.4, -0.2) is 0 Å². The second kappa shape index (κ2) is 5.32. The van der Waals surface area contributed by atoms with E-state index in [-0.39, 0.29) is 0 Å². The molecule has 0 nitrogen and oxygen atoms in total. The Morgan fingerprint density at radius 3 is 2.68 bits per heavy atom. The molecular formula is C18H26Zr. The van der Waals surface area contributed by atoms with Gasteiger partial charge in [0.25, 0.3) is 0 Å². The summed E-state index contributed by atoms with van der Waals surface area (Å²) in [5.41, 5.74) is 3.42. The van der Waals surface area contributed by atoms with E-state index in [0.29, 0.717) is 0 Å². The van der Waals surface area contributed by atoms with Gasteiger partial charge in [-0.1, -0.05) is 0 Å². The van der Waals surface area contributed by atoms with Gasteiger partial charge in [-0.2, -0.15) is 0 Å². The van der Waals surface area contributed by atoms with Crippen LogP contribution in [0.1, 0.15) is 46.5 Å². The van der Waals surface area contributed by atoms with Gasteiger partial charge >= 0.3 is 123 Å². The summed E-state index contributed by atoms with van der Waals surface area (Å²) < 4.78 is 7.04. The average Bonchev–Trinajstić information content (AvgIpc) is 2.88. The molecule has 102 valence electrons. The predicted octanol–water partition coefficient (Wildman–Crippen LogP) is 5.87. The Balaban J connectivity index is 1.87. The van der Waals surface area contributed by atoms with Gasteiger partial charge in [0.05, 0.1) is 0 Å². The Kier molecular flexibility index (Phi) is 3.87. The van der Waals surface area contributed by atoms with Crippen molar-refractivity contribution in [2.75, 3.05) is 0 Å². The number of hydrogen-bond donors (Lipinski definition) is 0. The summed E-state index contributed by atoms with van der Waals surface area (Å²) in [5.74, 6) is 0.756. The number of unbranched alkanes of at least 4 members (excludes halogenated alkanes) is 1. The third-order valence-electron chi connectivity index (χ3n) is 5.24. The fraction of sp³-hybridized carbons (Fsp3) is 0.556. The Bertz CT molecular complexity index is 498. The van der Waals surface area contributed by atoms with E-state index in [1.165, 1.54) is 25.7 Å². The third-order valence-corrected chi connectivity index (χ3v) is 17.4. The van der Waals surface area contributed by atoms with E-state index < -0.39 is 20.3 Å². The molecule has 3 aliphatic rings. The summed E-state index contributed by atoms with van der Waals surface area (Å²) in [4.78, 5) is 0. The fourth-order valence-corrected chi connectivity index (χ4v) is 18.9. The number of allylic oxidation sites excluding steroid dienone is 8.